The molecule has 2 aromatic heterocycles. The zero-order valence-corrected chi connectivity index (χ0v) is 6.95. The summed E-state index contributed by atoms with van der Waals surface area (Å²) in [5, 5.41) is 11.1. The van der Waals surface area contributed by atoms with Crippen molar-refractivity contribution in [1.82, 2.24) is 9.38 Å². The summed E-state index contributed by atoms with van der Waals surface area (Å²) in [6.45, 7) is -0.292. The van der Waals surface area contributed by atoms with Gasteiger partial charge in [-0.2, -0.15) is 0 Å². The maximum Gasteiger partial charge on any atom is 0.137 e. The quantitative estimate of drug-likeness (QED) is 0.662. The third kappa shape index (κ3) is 1.17. The van der Waals surface area contributed by atoms with Crippen molar-refractivity contribution in [2.24, 2.45) is 0 Å². The molecule has 0 aromatic carbocycles. The van der Waals surface area contributed by atoms with E-state index in [1.54, 1.807) is 28.9 Å². The van der Waals surface area contributed by atoms with Gasteiger partial charge in [0, 0.05) is 12.4 Å². The van der Waals surface area contributed by atoms with Crippen LogP contribution in [0, 0.1) is 0 Å². The van der Waals surface area contributed by atoms with E-state index in [2.05, 4.69) is 4.98 Å². The lowest BCUT2D eigenvalue weighted by atomic mass is 10.5. The Morgan fingerprint density at radius 1 is 1.42 bits per heavy atom. The van der Waals surface area contributed by atoms with Crippen LogP contribution in [0.1, 0.15) is 5.69 Å². The monoisotopic (exact) mass is 181 g/mol. The van der Waals surface area contributed by atoms with Crippen LogP contribution in [0.2, 0.25) is 5.02 Å². The molecule has 0 unspecified atom stereocenters. The average Bonchev–Trinajstić information content (AvgIpc) is 2.46. The molecule has 0 saturated heterocycles. The van der Waals surface area contributed by atoms with Gasteiger partial charge in [-0.1, -0.05) is 11.6 Å². The molecule has 0 aliphatic rings. The SMILES string of the molecule is [O]Cc1cn2cc(Cl)ccc2n1. The van der Waals surface area contributed by atoms with E-state index in [1.165, 1.54) is 0 Å². The molecule has 0 bridgehead atoms. The topological polar surface area (TPSA) is 37.2 Å². The highest BCUT2D eigenvalue weighted by atomic mass is 35.5. The lowest BCUT2D eigenvalue weighted by Crippen LogP contribution is -1.79. The van der Waals surface area contributed by atoms with Crippen LogP contribution in [0.15, 0.2) is 24.5 Å². The van der Waals surface area contributed by atoms with E-state index in [-0.39, 0.29) is 6.61 Å². The molecule has 2 aromatic rings. The van der Waals surface area contributed by atoms with Crippen molar-refractivity contribution >= 4 is 17.2 Å². The molecule has 0 spiro atoms. The Bertz CT molecular complexity index is 410. The van der Waals surface area contributed by atoms with Gasteiger partial charge >= 0.3 is 0 Å². The van der Waals surface area contributed by atoms with Gasteiger partial charge in [0.05, 0.1) is 10.7 Å². The molecular formula is C8H6ClN2O. The van der Waals surface area contributed by atoms with E-state index >= 15 is 0 Å². The Kier molecular flexibility index (Phi) is 1.75. The fraction of sp³-hybridized carbons (Fsp3) is 0.125. The molecule has 0 saturated carbocycles. The maximum atomic E-state index is 10.5. The number of nitrogens with zero attached hydrogens (tertiary/aromatic N) is 2. The minimum Gasteiger partial charge on any atom is -0.305 e. The summed E-state index contributed by atoms with van der Waals surface area (Å²) in [6, 6.07) is 3.53. The Morgan fingerprint density at radius 2 is 2.25 bits per heavy atom. The molecule has 0 amide bonds. The second-order valence-corrected chi connectivity index (χ2v) is 2.93. The van der Waals surface area contributed by atoms with E-state index in [9.17, 15) is 5.11 Å². The number of rotatable bonds is 1. The van der Waals surface area contributed by atoms with E-state index < -0.39 is 0 Å². The van der Waals surface area contributed by atoms with Crippen molar-refractivity contribution in [1.29, 1.82) is 0 Å². The van der Waals surface area contributed by atoms with Crippen LogP contribution in [0.25, 0.3) is 5.65 Å². The maximum absolute atomic E-state index is 10.5. The highest BCUT2D eigenvalue weighted by molar-refractivity contribution is 6.30. The van der Waals surface area contributed by atoms with E-state index in [1.807, 2.05) is 0 Å². The van der Waals surface area contributed by atoms with Gasteiger partial charge in [-0.3, -0.25) is 0 Å². The van der Waals surface area contributed by atoms with Crippen molar-refractivity contribution in [3.8, 4) is 0 Å². The largest absolute Gasteiger partial charge is 0.305 e. The van der Waals surface area contributed by atoms with Gasteiger partial charge < -0.3 is 4.40 Å². The molecule has 0 atom stereocenters. The molecule has 0 N–H and O–H groups in total. The van der Waals surface area contributed by atoms with Crippen LogP contribution in [-0.2, 0) is 11.7 Å². The van der Waals surface area contributed by atoms with Crippen molar-refractivity contribution in [2.45, 2.75) is 6.61 Å². The Hall–Kier alpha value is -1.06. The van der Waals surface area contributed by atoms with E-state index in [0.29, 0.717) is 10.7 Å². The number of halogens is 1. The summed E-state index contributed by atoms with van der Waals surface area (Å²) < 4.78 is 1.75. The summed E-state index contributed by atoms with van der Waals surface area (Å²) in [5.41, 5.74) is 1.29. The first-order chi connectivity index (χ1) is 5.79. The first-order valence-corrected chi connectivity index (χ1v) is 3.88. The van der Waals surface area contributed by atoms with Crippen LogP contribution >= 0.6 is 11.6 Å². The smallest absolute Gasteiger partial charge is 0.137 e. The van der Waals surface area contributed by atoms with Crippen LogP contribution in [0.4, 0.5) is 0 Å². The second-order valence-electron chi connectivity index (χ2n) is 2.49. The highest BCUT2D eigenvalue weighted by Crippen LogP contribution is 2.11. The van der Waals surface area contributed by atoms with E-state index in [0.717, 1.165) is 5.65 Å². The van der Waals surface area contributed by atoms with Gasteiger partial charge in [-0.15, -0.1) is 0 Å². The Morgan fingerprint density at radius 3 is 3.00 bits per heavy atom. The van der Waals surface area contributed by atoms with Gasteiger partial charge in [0.2, 0.25) is 0 Å². The molecule has 3 nitrogen and oxygen atoms in total. The fourth-order valence-electron chi connectivity index (χ4n) is 1.09. The number of aromatic nitrogens is 2. The molecule has 61 valence electrons. The zero-order chi connectivity index (χ0) is 8.55. The number of imidazole rings is 1. The highest BCUT2D eigenvalue weighted by Gasteiger charge is 1.99. The molecule has 12 heavy (non-hydrogen) atoms. The second kappa shape index (κ2) is 2.77. The summed E-state index contributed by atoms with van der Waals surface area (Å²) in [7, 11) is 0. The minimum absolute atomic E-state index is 0.292. The number of hydrogen-bond donors (Lipinski definition) is 0. The third-order valence-corrected chi connectivity index (χ3v) is 1.84. The first-order valence-electron chi connectivity index (χ1n) is 3.51. The molecule has 2 heterocycles. The molecule has 1 radical (unpaired) electrons. The number of hydrogen-bond acceptors (Lipinski definition) is 1. The standard InChI is InChI=1S/C8H6ClN2O/c9-6-1-2-8-10-7(5-12)4-11(8)3-6/h1-4H,5H2. The van der Waals surface area contributed by atoms with Crippen molar-refractivity contribution in [2.75, 3.05) is 0 Å². The van der Waals surface area contributed by atoms with Gasteiger partial charge in [0.1, 0.15) is 12.3 Å². The van der Waals surface area contributed by atoms with Crippen LogP contribution in [0.5, 0.6) is 0 Å². The predicted octanol–water partition coefficient (Wildman–Crippen LogP) is 1.92. The Labute approximate surface area is 74.2 Å². The summed E-state index contributed by atoms with van der Waals surface area (Å²) in [6.07, 6.45) is 3.41. The average molecular weight is 182 g/mol. The van der Waals surface area contributed by atoms with Crippen LogP contribution in [-0.4, -0.2) is 9.38 Å². The molecular weight excluding hydrogens is 176 g/mol. The third-order valence-electron chi connectivity index (χ3n) is 1.61. The van der Waals surface area contributed by atoms with Gasteiger partial charge in [0.25, 0.3) is 0 Å². The van der Waals surface area contributed by atoms with Gasteiger partial charge in [-0.05, 0) is 12.1 Å². The van der Waals surface area contributed by atoms with Crippen molar-refractivity contribution < 1.29 is 5.11 Å². The zero-order valence-electron chi connectivity index (χ0n) is 6.20. The molecule has 0 fully saturated rings. The summed E-state index contributed by atoms with van der Waals surface area (Å²) >= 11 is 5.74. The molecule has 2 rings (SSSR count). The number of pyridine rings is 1. The predicted molar refractivity (Wildman–Crippen MR) is 44.6 cm³/mol. The molecule has 4 heteroatoms. The molecule has 0 aliphatic heterocycles. The molecule has 0 aliphatic carbocycles. The number of fused-ring (bicyclic) bond motifs is 1. The lowest BCUT2D eigenvalue weighted by Gasteiger charge is -1.91. The van der Waals surface area contributed by atoms with Crippen molar-refractivity contribution in [3.63, 3.8) is 0 Å². The van der Waals surface area contributed by atoms with Crippen molar-refractivity contribution in [3.05, 3.63) is 35.2 Å². The summed E-state index contributed by atoms with van der Waals surface area (Å²) in [4.78, 5) is 4.06. The lowest BCUT2D eigenvalue weighted by molar-refractivity contribution is 0.174. The van der Waals surface area contributed by atoms with Gasteiger partial charge in [-0.25, -0.2) is 10.1 Å². The Balaban J connectivity index is 2.67. The van der Waals surface area contributed by atoms with Gasteiger partial charge in [0.15, 0.2) is 0 Å². The first kappa shape index (κ1) is 7.58. The normalized spacial score (nSPS) is 10.8. The van der Waals surface area contributed by atoms with E-state index in [4.69, 9.17) is 11.6 Å². The minimum atomic E-state index is -0.292. The summed E-state index contributed by atoms with van der Waals surface area (Å²) in [5.74, 6) is 0. The fourth-order valence-corrected chi connectivity index (χ4v) is 1.25. The van der Waals surface area contributed by atoms with Crippen LogP contribution in [0.3, 0.4) is 0 Å². The van der Waals surface area contributed by atoms with Crippen LogP contribution < -0.4 is 0 Å².